The second kappa shape index (κ2) is 17.4. The average molecular weight is 421 g/mol. The molecule has 0 aromatic carbocycles. The molecule has 0 fully saturated rings. The van der Waals surface area contributed by atoms with Crippen molar-refractivity contribution in [2.75, 3.05) is 19.6 Å². The first-order valence-electron chi connectivity index (χ1n) is 12.8. The number of nitrogens with one attached hydrogen (secondary N) is 2. The molecule has 4 heteroatoms. The van der Waals surface area contributed by atoms with Crippen molar-refractivity contribution in [2.24, 2.45) is 0 Å². The summed E-state index contributed by atoms with van der Waals surface area (Å²) in [5.41, 5.74) is 0. The molecule has 2 atom stereocenters. The summed E-state index contributed by atoms with van der Waals surface area (Å²) in [7, 11) is 0. The Kier molecular flexibility index (Phi) is 15.5. The van der Waals surface area contributed by atoms with Crippen LogP contribution in [0.15, 0.2) is 24.6 Å². The van der Waals surface area contributed by atoms with Gasteiger partial charge in [-0.05, 0) is 26.2 Å². The minimum Gasteiger partial charge on any atom is -0.351 e. The third-order valence-corrected chi connectivity index (χ3v) is 6.52. The molecule has 0 saturated carbocycles. The van der Waals surface area contributed by atoms with Crippen molar-refractivity contribution in [1.29, 1.82) is 0 Å². The number of rotatable bonds is 19. The maximum absolute atomic E-state index is 11.2. The van der Waals surface area contributed by atoms with Crippen molar-refractivity contribution < 1.29 is 9.28 Å². The number of carbonyl (C=O) groups is 1. The Morgan fingerprint density at radius 3 is 2.13 bits per heavy atom. The lowest BCUT2D eigenvalue weighted by molar-refractivity contribution is -0.898. The third kappa shape index (κ3) is 11.8. The first kappa shape index (κ1) is 26.7. The Morgan fingerprint density at radius 2 is 1.53 bits per heavy atom. The quantitative estimate of drug-likeness (QED) is 0.144. The predicted octanol–water partition coefficient (Wildman–Crippen LogP) is 6.40. The van der Waals surface area contributed by atoms with Gasteiger partial charge in [0.05, 0.1) is 19.3 Å². The zero-order chi connectivity index (χ0) is 21.9. The molecule has 0 spiro atoms. The molecule has 1 rings (SSSR count). The summed E-state index contributed by atoms with van der Waals surface area (Å²) < 4.78 is 0.923. The van der Waals surface area contributed by atoms with Gasteiger partial charge in [0.1, 0.15) is 12.7 Å². The first-order valence-corrected chi connectivity index (χ1v) is 12.8. The molecule has 1 amide bonds. The molecule has 174 valence electrons. The molecule has 2 unspecified atom stereocenters. The fourth-order valence-corrected chi connectivity index (χ4v) is 4.47. The van der Waals surface area contributed by atoms with Crippen LogP contribution in [-0.2, 0) is 4.79 Å². The number of likely N-dealkylation sites (N-methyl/N-ethyl adjacent to an activating group) is 1. The van der Waals surface area contributed by atoms with Crippen molar-refractivity contribution in [2.45, 2.75) is 117 Å². The molecule has 0 bridgehead atoms. The highest BCUT2D eigenvalue weighted by Crippen LogP contribution is 2.22. The number of carbonyl (C=O) groups excluding carboxylic acids is 1. The van der Waals surface area contributed by atoms with Gasteiger partial charge in [-0.2, -0.15) is 0 Å². The van der Waals surface area contributed by atoms with Gasteiger partial charge < -0.3 is 10.6 Å². The van der Waals surface area contributed by atoms with E-state index in [9.17, 15) is 4.79 Å². The van der Waals surface area contributed by atoms with Gasteiger partial charge in [0.25, 0.3) is 0 Å². The van der Waals surface area contributed by atoms with Gasteiger partial charge in [0.15, 0.2) is 6.17 Å². The largest absolute Gasteiger partial charge is 0.351 e. The van der Waals surface area contributed by atoms with Crippen LogP contribution in [0.3, 0.4) is 0 Å². The Labute approximate surface area is 187 Å². The zero-order valence-electron chi connectivity index (χ0n) is 20.3. The van der Waals surface area contributed by atoms with Gasteiger partial charge in [-0.25, -0.2) is 0 Å². The molecule has 0 radical (unpaired) electrons. The van der Waals surface area contributed by atoms with Crippen LogP contribution in [0.1, 0.15) is 111 Å². The monoisotopic (exact) mass is 420 g/mol. The van der Waals surface area contributed by atoms with E-state index in [0.29, 0.717) is 6.17 Å². The lowest BCUT2D eigenvalue weighted by Gasteiger charge is -2.37. The van der Waals surface area contributed by atoms with Crippen LogP contribution < -0.4 is 10.6 Å². The minimum atomic E-state index is 0.0577. The fraction of sp³-hybridized carbons (Fsp3) is 0.808. The van der Waals surface area contributed by atoms with E-state index in [0.717, 1.165) is 37.0 Å². The van der Waals surface area contributed by atoms with E-state index in [4.69, 9.17) is 0 Å². The molecule has 0 aromatic rings. The van der Waals surface area contributed by atoms with Crippen molar-refractivity contribution in [1.82, 2.24) is 10.6 Å². The van der Waals surface area contributed by atoms with Crippen LogP contribution in [-0.4, -0.2) is 36.2 Å². The lowest BCUT2D eigenvalue weighted by atomic mass is 10.1. The third-order valence-electron chi connectivity index (χ3n) is 6.52. The van der Waals surface area contributed by atoms with Crippen molar-refractivity contribution in [3.05, 3.63) is 24.6 Å². The topological polar surface area (TPSA) is 41.1 Å². The molecule has 1 aliphatic rings. The number of hydrogen-bond acceptors (Lipinski definition) is 2. The van der Waals surface area contributed by atoms with Crippen LogP contribution in [0, 0.1) is 0 Å². The van der Waals surface area contributed by atoms with E-state index in [2.05, 4.69) is 49.0 Å². The van der Waals surface area contributed by atoms with Crippen molar-refractivity contribution in [3.8, 4) is 0 Å². The summed E-state index contributed by atoms with van der Waals surface area (Å²) in [5.74, 6) is 0.0577. The highest BCUT2D eigenvalue weighted by Gasteiger charge is 2.35. The van der Waals surface area contributed by atoms with Crippen LogP contribution in [0.2, 0.25) is 0 Å². The van der Waals surface area contributed by atoms with Crippen LogP contribution in [0.25, 0.3) is 0 Å². The summed E-state index contributed by atoms with van der Waals surface area (Å²) >= 11 is 0. The summed E-state index contributed by atoms with van der Waals surface area (Å²) in [6, 6.07) is 0. The number of unbranched alkanes of at least 4 members (excludes halogenated alkanes) is 11. The average Bonchev–Trinajstić information content (AvgIpc) is 3.13. The molecule has 1 aliphatic heterocycles. The highest BCUT2D eigenvalue weighted by molar-refractivity contribution is 5.72. The maximum atomic E-state index is 11.2. The van der Waals surface area contributed by atoms with Crippen molar-refractivity contribution >= 4 is 5.91 Å². The van der Waals surface area contributed by atoms with E-state index in [1.54, 1.807) is 6.92 Å². The Hall–Kier alpha value is -1.29. The summed E-state index contributed by atoms with van der Waals surface area (Å²) in [6.07, 6.45) is 28.5. The van der Waals surface area contributed by atoms with Gasteiger partial charge in [-0.3, -0.25) is 9.28 Å². The molecule has 30 heavy (non-hydrogen) atoms. The standard InChI is InChI=1S/C26H49N3O/c1-4-6-7-8-9-10-11-12-13-14-15-16-17-18-19-20-26-28-22-24-29(26,5-2)23-21-27-25(3)30/h17-18,22,24,26,28H,4-16,19-21,23H2,1-3H3/p+1/b18-17+. The Bertz CT molecular complexity index is 489. The fourth-order valence-electron chi connectivity index (χ4n) is 4.47. The number of amides is 1. The SMILES string of the molecule is CCCCCCCCCCCCC/C=C/CCC1NC=C[N+]1(CC)CCNC(C)=O. The van der Waals surface area contributed by atoms with Gasteiger partial charge in [-0.1, -0.05) is 83.3 Å². The van der Waals surface area contributed by atoms with Gasteiger partial charge in [-0.15, -0.1) is 0 Å². The molecule has 0 saturated heterocycles. The van der Waals surface area contributed by atoms with Gasteiger partial charge >= 0.3 is 0 Å². The van der Waals surface area contributed by atoms with Gasteiger partial charge in [0, 0.05) is 13.3 Å². The number of allylic oxidation sites excluding steroid dienone is 2. The second-order valence-electron chi connectivity index (χ2n) is 9.00. The zero-order valence-corrected chi connectivity index (χ0v) is 20.3. The highest BCUT2D eigenvalue weighted by atomic mass is 16.1. The lowest BCUT2D eigenvalue weighted by Crippen LogP contribution is -2.55. The maximum Gasteiger partial charge on any atom is 0.217 e. The Morgan fingerprint density at radius 1 is 0.933 bits per heavy atom. The van der Waals surface area contributed by atoms with Crippen LogP contribution in [0.5, 0.6) is 0 Å². The molecule has 0 aromatic heterocycles. The normalized spacial score (nSPS) is 20.7. The number of quaternary nitrogens is 1. The Balaban J connectivity index is 2.03. The molecule has 0 aliphatic carbocycles. The number of hydrogen-bond donors (Lipinski definition) is 2. The molecule has 1 heterocycles. The summed E-state index contributed by atoms with van der Waals surface area (Å²) in [6.45, 7) is 8.85. The second-order valence-corrected chi connectivity index (χ2v) is 9.00. The van der Waals surface area contributed by atoms with E-state index in [1.165, 1.54) is 77.0 Å². The summed E-state index contributed by atoms with van der Waals surface area (Å²) in [5, 5.41) is 6.48. The van der Waals surface area contributed by atoms with Crippen LogP contribution in [0.4, 0.5) is 0 Å². The van der Waals surface area contributed by atoms with Crippen molar-refractivity contribution in [3.63, 3.8) is 0 Å². The van der Waals surface area contributed by atoms with Gasteiger partial charge in [0.2, 0.25) is 5.91 Å². The van der Waals surface area contributed by atoms with E-state index in [-0.39, 0.29) is 5.91 Å². The van der Waals surface area contributed by atoms with Crippen LogP contribution >= 0.6 is 0 Å². The van der Waals surface area contributed by atoms with E-state index in [1.807, 2.05) is 0 Å². The van der Waals surface area contributed by atoms with E-state index >= 15 is 0 Å². The number of nitrogens with zero attached hydrogens (tertiary/aromatic N) is 1. The van der Waals surface area contributed by atoms with E-state index < -0.39 is 0 Å². The molecular weight excluding hydrogens is 370 g/mol. The smallest absolute Gasteiger partial charge is 0.217 e. The first-order chi connectivity index (χ1) is 14.6. The molecular formula is C26H50N3O+. The molecule has 2 N–H and O–H groups in total. The minimum absolute atomic E-state index is 0.0577. The predicted molar refractivity (Wildman–Crippen MR) is 130 cm³/mol. The summed E-state index contributed by atoms with van der Waals surface area (Å²) in [4.78, 5) is 11.2. The molecule has 4 nitrogen and oxygen atoms in total.